The van der Waals surface area contributed by atoms with Crippen LogP contribution in [0.1, 0.15) is 18.5 Å². The zero-order chi connectivity index (χ0) is 13.5. The third-order valence-corrected chi connectivity index (χ3v) is 2.69. The van der Waals surface area contributed by atoms with Crippen LogP contribution >= 0.6 is 0 Å². The second kappa shape index (κ2) is 6.86. The lowest BCUT2D eigenvalue weighted by Gasteiger charge is -2.15. The van der Waals surface area contributed by atoms with Crippen LogP contribution in [-0.4, -0.2) is 33.8 Å². The minimum atomic E-state index is -0.426. The number of ether oxygens (including phenoxy) is 3. The summed E-state index contributed by atoms with van der Waals surface area (Å²) >= 11 is 0. The summed E-state index contributed by atoms with van der Waals surface area (Å²) in [6, 6.07) is 5.81. The van der Waals surface area contributed by atoms with Crippen molar-refractivity contribution >= 4 is 5.97 Å². The minimum absolute atomic E-state index is 0.131. The number of hydrogen-bond donors (Lipinski definition) is 1. The van der Waals surface area contributed by atoms with Crippen molar-refractivity contribution in [2.45, 2.75) is 13.0 Å². The Morgan fingerprint density at radius 2 is 2.06 bits per heavy atom. The highest BCUT2D eigenvalue weighted by Crippen LogP contribution is 2.30. The van der Waals surface area contributed by atoms with Crippen molar-refractivity contribution in [3.8, 4) is 11.5 Å². The van der Waals surface area contributed by atoms with E-state index in [-0.39, 0.29) is 12.6 Å². The molecule has 1 aromatic rings. The molecule has 0 aromatic heterocycles. The zero-order valence-electron chi connectivity index (χ0n) is 11.1. The number of carbonyl (C=O) groups excluding carboxylic acids is 1. The number of carbonyl (C=O) groups is 1. The second-order valence-electron chi connectivity index (χ2n) is 3.79. The highest BCUT2D eigenvalue weighted by Gasteiger charge is 2.10. The number of esters is 1. The van der Waals surface area contributed by atoms with E-state index in [4.69, 9.17) is 9.47 Å². The van der Waals surface area contributed by atoms with Gasteiger partial charge in [-0.2, -0.15) is 0 Å². The fourth-order valence-corrected chi connectivity index (χ4v) is 1.44. The molecule has 5 heteroatoms. The zero-order valence-corrected chi connectivity index (χ0v) is 11.1. The van der Waals surface area contributed by atoms with E-state index in [1.807, 2.05) is 26.1 Å². The van der Waals surface area contributed by atoms with Gasteiger partial charge in [0, 0.05) is 6.04 Å². The molecule has 0 radical (unpaired) electrons. The SMILES string of the molecule is CNC(C)c1ccc(OCC(=O)OC)c(OC)c1. The molecule has 0 amide bonds. The lowest BCUT2D eigenvalue weighted by Crippen LogP contribution is -2.14. The topological polar surface area (TPSA) is 56.8 Å². The first kappa shape index (κ1) is 14.3. The van der Waals surface area contributed by atoms with Crippen molar-refractivity contribution in [2.75, 3.05) is 27.9 Å². The van der Waals surface area contributed by atoms with Crippen molar-refractivity contribution in [1.29, 1.82) is 0 Å². The molecule has 1 aromatic carbocycles. The van der Waals surface area contributed by atoms with Crippen LogP contribution in [0.25, 0.3) is 0 Å². The fraction of sp³-hybridized carbons (Fsp3) is 0.462. The molecule has 0 aliphatic carbocycles. The molecule has 18 heavy (non-hydrogen) atoms. The molecule has 0 fully saturated rings. The van der Waals surface area contributed by atoms with E-state index in [1.165, 1.54) is 7.11 Å². The van der Waals surface area contributed by atoms with E-state index >= 15 is 0 Å². The van der Waals surface area contributed by atoms with E-state index in [9.17, 15) is 4.79 Å². The minimum Gasteiger partial charge on any atom is -0.493 e. The van der Waals surface area contributed by atoms with Gasteiger partial charge in [-0.1, -0.05) is 6.07 Å². The van der Waals surface area contributed by atoms with Gasteiger partial charge >= 0.3 is 5.97 Å². The van der Waals surface area contributed by atoms with E-state index in [0.29, 0.717) is 11.5 Å². The molecule has 0 bridgehead atoms. The van der Waals surface area contributed by atoms with Crippen molar-refractivity contribution in [2.24, 2.45) is 0 Å². The first-order chi connectivity index (χ1) is 8.62. The fourth-order valence-electron chi connectivity index (χ4n) is 1.44. The van der Waals surface area contributed by atoms with Crippen LogP contribution < -0.4 is 14.8 Å². The third kappa shape index (κ3) is 3.63. The smallest absolute Gasteiger partial charge is 0.343 e. The van der Waals surface area contributed by atoms with E-state index in [1.54, 1.807) is 13.2 Å². The van der Waals surface area contributed by atoms with Gasteiger partial charge in [0.15, 0.2) is 18.1 Å². The molecule has 1 N–H and O–H groups in total. The predicted octanol–water partition coefficient (Wildman–Crippen LogP) is 1.53. The van der Waals surface area contributed by atoms with Crippen LogP contribution in [-0.2, 0) is 9.53 Å². The number of nitrogens with one attached hydrogen (secondary N) is 1. The lowest BCUT2D eigenvalue weighted by atomic mass is 10.1. The van der Waals surface area contributed by atoms with Gasteiger partial charge < -0.3 is 19.5 Å². The average molecular weight is 253 g/mol. The molecule has 1 atom stereocenters. The Morgan fingerprint density at radius 1 is 1.33 bits per heavy atom. The maximum Gasteiger partial charge on any atom is 0.343 e. The summed E-state index contributed by atoms with van der Waals surface area (Å²) in [4.78, 5) is 11.0. The lowest BCUT2D eigenvalue weighted by molar-refractivity contribution is -0.142. The Bertz CT molecular complexity index is 406. The van der Waals surface area contributed by atoms with Crippen molar-refractivity contribution in [1.82, 2.24) is 5.32 Å². The molecule has 100 valence electrons. The third-order valence-electron chi connectivity index (χ3n) is 2.69. The second-order valence-corrected chi connectivity index (χ2v) is 3.79. The normalized spacial score (nSPS) is 11.8. The van der Waals surface area contributed by atoms with Crippen molar-refractivity contribution in [3.05, 3.63) is 23.8 Å². The summed E-state index contributed by atoms with van der Waals surface area (Å²) in [7, 11) is 4.77. The Balaban J connectivity index is 2.83. The summed E-state index contributed by atoms with van der Waals surface area (Å²) in [5.41, 5.74) is 1.08. The molecular formula is C13H19NO4. The highest BCUT2D eigenvalue weighted by atomic mass is 16.6. The Hall–Kier alpha value is -1.75. The molecular weight excluding hydrogens is 234 g/mol. The Kier molecular flexibility index (Phi) is 5.45. The van der Waals surface area contributed by atoms with Gasteiger partial charge in [0.1, 0.15) is 0 Å². The molecule has 1 unspecified atom stereocenters. The molecule has 0 aliphatic rings. The van der Waals surface area contributed by atoms with Crippen LogP contribution in [0.4, 0.5) is 0 Å². The van der Waals surface area contributed by atoms with Gasteiger partial charge in [0.05, 0.1) is 14.2 Å². The summed E-state index contributed by atoms with van der Waals surface area (Å²) in [5.74, 6) is 0.693. The first-order valence-electron chi connectivity index (χ1n) is 5.67. The number of hydrogen-bond acceptors (Lipinski definition) is 5. The molecule has 0 saturated heterocycles. The van der Waals surface area contributed by atoms with Crippen molar-refractivity contribution < 1.29 is 19.0 Å². The molecule has 1 rings (SSSR count). The molecule has 5 nitrogen and oxygen atoms in total. The van der Waals surface area contributed by atoms with Gasteiger partial charge in [-0.05, 0) is 31.7 Å². The quantitative estimate of drug-likeness (QED) is 0.779. The van der Waals surface area contributed by atoms with Crippen LogP contribution in [0, 0.1) is 0 Å². The van der Waals surface area contributed by atoms with Gasteiger partial charge in [0.25, 0.3) is 0 Å². The number of benzene rings is 1. The van der Waals surface area contributed by atoms with Gasteiger partial charge in [-0.3, -0.25) is 0 Å². The largest absolute Gasteiger partial charge is 0.493 e. The summed E-state index contributed by atoms with van der Waals surface area (Å²) < 4.78 is 15.1. The average Bonchev–Trinajstić information content (AvgIpc) is 2.43. The van der Waals surface area contributed by atoms with Crippen LogP contribution in [0.2, 0.25) is 0 Å². The number of rotatable bonds is 6. The highest BCUT2D eigenvalue weighted by molar-refractivity contribution is 5.71. The Labute approximate surface area is 107 Å². The van der Waals surface area contributed by atoms with Gasteiger partial charge in [0.2, 0.25) is 0 Å². The maximum atomic E-state index is 11.0. The van der Waals surface area contributed by atoms with E-state index in [2.05, 4.69) is 10.1 Å². The summed E-state index contributed by atoms with van der Waals surface area (Å²) in [6.45, 7) is 1.91. The standard InChI is InChI=1S/C13H19NO4/c1-9(14-2)10-5-6-11(12(7-10)16-3)18-8-13(15)17-4/h5-7,9,14H,8H2,1-4H3. The molecule has 0 heterocycles. The summed E-state index contributed by atoms with van der Waals surface area (Å²) in [5, 5.41) is 3.14. The summed E-state index contributed by atoms with van der Waals surface area (Å²) in [6.07, 6.45) is 0. The maximum absolute atomic E-state index is 11.0. The van der Waals surface area contributed by atoms with Crippen LogP contribution in [0.15, 0.2) is 18.2 Å². The monoisotopic (exact) mass is 253 g/mol. The van der Waals surface area contributed by atoms with E-state index < -0.39 is 5.97 Å². The van der Waals surface area contributed by atoms with E-state index in [0.717, 1.165) is 5.56 Å². The predicted molar refractivity (Wildman–Crippen MR) is 68.0 cm³/mol. The molecule has 0 saturated carbocycles. The van der Waals surface area contributed by atoms with Crippen LogP contribution in [0.5, 0.6) is 11.5 Å². The molecule has 0 aliphatic heterocycles. The van der Waals surface area contributed by atoms with Crippen LogP contribution in [0.3, 0.4) is 0 Å². The van der Waals surface area contributed by atoms with Gasteiger partial charge in [-0.25, -0.2) is 4.79 Å². The van der Waals surface area contributed by atoms with Crippen molar-refractivity contribution in [3.63, 3.8) is 0 Å². The number of methoxy groups -OCH3 is 2. The molecule has 0 spiro atoms. The first-order valence-corrected chi connectivity index (χ1v) is 5.67. The van der Waals surface area contributed by atoms with Gasteiger partial charge in [-0.15, -0.1) is 0 Å². The Morgan fingerprint density at radius 3 is 2.61 bits per heavy atom.